The molecule has 15 heavy (non-hydrogen) atoms. The van der Waals surface area contributed by atoms with Gasteiger partial charge in [-0.15, -0.1) is 0 Å². The summed E-state index contributed by atoms with van der Waals surface area (Å²) < 4.78 is 0. The Morgan fingerprint density at radius 1 is 1.20 bits per heavy atom. The molecule has 0 aliphatic carbocycles. The maximum absolute atomic E-state index is 5.98. The van der Waals surface area contributed by atoms with Gasteiger partial charge in [-0.1, -0.05) is 26.0 Å². The summed E-state index contributed by atoms with van der Waals surface area (Å²) in [7, 11) is 0. The van der Waals surface area contributed by atoms with E-state index in [1.807, 2.05) is 6.07 Å². The molecule has 1 aliphatic rings. The molecule has 2 rings (SSSR count). The summed E-state index contributed by atoms with van der Waals surface area (Å²) in [6, 6.07) is 6.87. The lowest BCUT2D eigenvalue weighted by Gasteiger charge is -2.27. The van der Waals surface area contributed by atoms with E-state index in [0.29, 0.717) is 12.0 Å². The third kappa shape index (κ3) is 1.86. The van der Waals surface area contributed by atoms with Crippen LogP contribution >= 0.6 is 0 Å². The summed E-state index contributed by atoms with van der Waals surface area (Å²) in [5.74, 6) is 0.695. The number of hydrogen-bond acceptors (Lipinski definition) is 2. The molecule has 2 nitrogen and oxygen atoms in total. The van der Waals surface area contributed by atoms with E-state index in [1.165, 1.54) is 11.1 Å². The number of rotatable bonds is 2. The zero-order valence-corrected chi connectivity index (χ0v) is 9.83. The molecule has 2 heteroatoms. The second-order valence-corrected chi connectivity index (χ2v) is 4.87. The first-order valence-corrected chi connectivity index (χ1v) is 5.70. The Bertz CT molecular complexity index is 358. The van der Waals surface area contributed by atoms with Crippen LogP contribution in [-0.4, -0.2) is 10.9 Å². The SMILES string of the molecule is CC(C)[C@H](C)N1Cc2cccc(N)c2C1. The highest BCUT2D eigenvalue weighted by atomic mass is 15.2. The molecule has 1 aromatic carbocycles. The van der Waals surface area contributed by atoms with Crippen molar-refractivity contribution < 1.29 is 0 Å². The van der Waals surface area contributed by atoms with E-state index < -0.39 is 0 Å². The smallest absolute Gasteiger partial charge is 0.0363 e. The van der Waals surface area contributed by atoms with E-state index >= 15 is 0 Å². The largest absolute Gasteiger partial charge is 0.398 e. The van der Waals surface area contributed by atoms with Crippen molar-refractivity contribution in [2.45, 2.75) is 39.9 Å². The van der Waals surface area contributed by atoms with Crippen molar-refractivity contribution >= 4 is 5.69 Å². The molecule has 0 bridgehead atoms. The third-order valence-corrected chi connectivity index (χ3v) is 3.58. The van der Waals surface area contributed by atoms with Gasteiger partial charge in [-0.05, 0) is 30.0 Å². The molecule has 82 valence electrons. The predicted molar refractivity (Wildman–Crippen MR) is 64.4 cm³/mol. The van der Waals surface area contributed by atoms with Gasteiger partial charge in [-0.3, -0.25) is 4.90 Å². The van der Waals surface area contributed by atoms with Gasteiger partial charge in [0.2, 0.25) is 0 Å². The minimum Gasteiger partial charge on any atom is -0.398 e. The van der Waals surface area contributed by atoms with Gasteiger partial charge in [0, 0.05) is 24.8 Å². The second kappa shape index (κ2) is 3.86. The molecule has 1 aromatic rings. The Morgan fingerprint density at radius 2 is 1.93 bits per heavy atom. The lowest BCUT2D eigenvalue weighted by molar-refractivity contribution is 0.170. The lowest BCUT2D eigenvalue weighted by atomic mass is 10.1. The molecule has 0 spiro atoms. The maximum Gasteiger partial charge on any atom is 0.0363 e. The molecular formula is C13H20N2. The van der Waals surface area contributed by atoms with Gasteiger partial charge in [0.05, 0.1) is 0 Å². The summed E-state index contributed by atoms with van der Waals surface area (Å²) in [4.78, 5) is 2.51. The van der Waals surface area contributed by atoms with E-state index in [-0.39, 0.29) is 0 Å². The fourth-order valence-corrected chi connectivity index (χ4v) is 2.18. The highest BCUT2D eigenvalue weighted by Crippen LogP contribution is 2.30. The first-order valence-electron chi connectivity index (χ1n) is 5.70. The molecule has 0 amide bonds. The minimum absolute atomic E-state index is 0.622. The van der Waals surface area contributed by atoms with Crippen LogP contribution in [0.1, 0.15) is 31.9 Å². The molecule has 0 saturated carbocycles. The second-order valence-electron chi connectivity index (χ2n) is 4.87. The van der Waals surface area contributed by atoms with Crippen molar-refractivity contribution in [2.24, 2.45) is 5.92 Å². The van der Waals surface area contributed by atoms with Crippen molar-refractivity contribution in [3.8, 4) is 0 Å². The maximum atomic E-state index is 5.98. The van der Waals surface area contributed by atoms with E-state index in [9.17, 15) is 0 Å². The summed E-state index contributed by atoms with van der Waals surface area (Å²) in [6.07, 6.45) is 0. The van der Waals surface area contributed by atoms with Crippen LogP contribution < -0.4 is 5.73 Å². The Morgan fingerprint density at radius 3 is 2.53 bits per heavy atom. The Hall–Kier alpha value is -1.02. The van der Waals surface area contributed by atoms with Crippen molar-refractivity contribution in [1.82, 2.24) is 4.90 Å². The van der Waals surface area contributed by atoms with E-state index in [2.05, 4.69) is 37.8 Å². The Balaban J connectivity index is 2.19. The lowest BCUT2D eigenvalue weighted by Crippen LogP contribution is -2.32. The number of fused-ring (bicyclic) bond motifs is 1. The fourth-order valence-electron chi connectivity index (χ4n) is 2.18. The topological polar surface area (TPSA) is 29.3 Å². The molecular weight excluding hydrogens is 184 g/mol. The van der Waals surface area contributed by atoms with Crippen LogP contribution in [0.25, 0.3) is 0 Å². The van der Waals surface area contributed by atoms with Crippen LogP contribution in [0.2, 0.25) is 0 Å². The Labute approximate surface area is 92.1 Å². The number of anilines is 1. The number of nitrogens with zero attached hydrogens (tertiary/aromatic N) is 1. The predicted octanol–water partition coefficient (Wildman–Crippen LogP) is 2.63. The average molecular weight is 204 g/mol. The zero-order chi connectivity index (χ0) is 11.0. The van der Waals surface area contributed by atoms with Gasteiger partial charge in [0.25, 0.3) is 0 Å². The molecule has 2 N–H and O–H groups in total. The minimum atomic E-state index is 0.622. The highest BCUT2D eigenvalue weighted by molar-refractivity contribution is 5.52. The van der Waals surface area contributed by atoms with Gasteiger partial charge < -0.3 is 5.73 Å². The highest BCUT2D eigenvalue weighted by Gasteiger charge is 2.25. The van der Waals surface area contributed by atoms with Crippen LogP contribution in [0.4, 0.5) is 5.69 Å². The summed E-state index contributed by atoms with van der Waals surface area (Å²) >= 11 is 0. The number of nitrogens with two attached hydrogens (primary N) is 1. The number of hydrogen-bond donors (Lipinski definition) is 1. The van der Waals surface area contributed by atoms with Crippen LogP contribution in [0.5, 0.6) is 0 Å². The van der Waals surface area contributed by atoms with Crippen molar-refractivity contribution in [3.63, 3.8) is 0 Å². The monoisotopic (exact) mass is 204 g/mol. The summed E-state index contributed by atoms with van der Waals surface area (Å²) in [5, 5.41) is 0. The molecule has 0 aromatic heterocycles. The average Bonchev–Trinajstić information content (AvgIpc) is 2.61. The van der Waals surface area contributed by atoms with Crippen molar-refractivity contribution in [1.29, 1.82) is 0 Å². The van der Waals surface area contributed by atoms with Crippen LogP contribution in [-0.2, 0) is 13.1 Å². The quantitative estimate of drug-likeness (QED) is 0.750. The first kappa shape index (κ1) is 10.5. The third-order valence-electron chi connectivity index (χ3n) is 3.58. The standard InChI is InChI=1S/C13H20N2/c1-9(2)10(3)15-7-11-5-4-6-13(14)12(11)8-15/h4-6,9-10H,7-8,14H2,1-3H3/t10-/m0/s1. The van der Waals surface area contributed by atoms with Gasteiger partial charge in [0.1, 0.15) is 0 Å². The van der Waals surface area contributed by atoms with Gasteiger partial charge in [0.15, 0.2) is 0 Å². The van der Waals surface area contributed by atoms with E-state index in [0.717, 1.165) is 18.8 Å². The van der Waals surface area contributed by atoms with Crippen LogP contribution in [0.3, 0.4) is 0 Å². The van der Waals surface area contributed by atoms with Gasteiger partial charge >= 0.3 is 0 Å². The zero-order valence-electron chi connectivity index (χ0n) is 9.83. The molecule has 1 aliphatic heterocycles. The van der Waals surface area contributed by atoms with Gasteiger partial charge in [-0.2, -0.15) is 0 Å². The molecule has 0 saturated heterocycles. The van der Waals surface area contributed by atoms with E-state index in [1.54, 1.807) is 0 Å². The van der Waals surface area contributed by atoms with Crippen LogP contribution in [0.15, 0.2) is 18.2 Å². The van der Waals surface area contributed by atoms with Crippen molar-refractivity contribution in [3.05, 3.63) is 29.3 Å². The van der Waals surface area contributed by atoms with E-state index in [4.69, 9.17) is 5.73 Å². The van der Waals surface area contributed by atoms with Gasteiger partial charge in [-0.25, -0.2) is 0 Å². The first-order chi connectivity index (χ1) is 7.09. The molecule has 0 fully saturated rings. The summed E-state index contributed by atoms with van der Waals surface area (Å²) in [5.41, 5.74) is 9.68. The molecule has 0 unspecified atom stereocenters. The van der Waals surface area contributed by atoms with Crippen LogP contribution in [0, 0.1) is 5.92 Å². The summed E-state index contributed by atoms with van der Waals surface area (Å²) in [6.45, 7) is 8.92. The normalized spacial score (nSPS) is 18.1. The molecule has 1 atom stereocenters. The fraction of sp³-hybridized carbons (Fsp3) is 0.538. The van der Waals surface area contributed by atoms with Crippen molar-refractivity contribution in [2.75, 3.05) is 5.73 Å². The Kier molecular flexibility index (Phi) is 2.70. The number of nitrogen functional groups attached to an aromatic ring is 1. The molecule has 0 radical (unpaired) electrons. The number of benzene rings is 1. The molecule has 1 heterocycles.